The van der Waals surface area contributed by atoms with Crippen LogP contribution in [0.4, 0.5) is 0 Å². The first-order chi connectivity index (χ1) is 13.5. The van der Waals surface area contributed by atoms with Crippen molar-refractivity contribution in [1.29, 1.82) is 0 Å². The number of carbonyl (C=O) groups is 1. The van der Waals surface area contributed by atoms with E-state index in [-0.39, 0.29) is 5.91 Å². The van der Waals surface area contributed by atoms with Gasteiger partial charge in [0.1, 0.15) is 12.4 Å². The highest BCUT2D eigenvalue weighted by molar-refractivity contribution is 9.10. The molecule has 1 aliphatic heterocycles. The van der Waals surface area contributed by atoms with Gasteiger partial charge in [0.2, 0.25) is 5.91 Å². The maximum atomic E-state index is 12.9. The number of carbonyl (C=O) groups excluding carboxylic acids is 1. The van der Waals surface area contributed by atoms with E-state index in [0.29, 0.717) is 18.9 Å². The lowest BCUT2D eigenvalue weighted by Gasteiger charge is -2.35. The molecule has 0 aromatic heterocycles. The van der Waals surface area contributed by atoms with Gasteiger partial charge in [-0.3, -0.25) is 9.69 Å². The fourth-order valence-electron chi connectivity index (χ4n) is 3.53. The summed E-state index contributed by atoms with van der Waals surface area (Å²) in [6.45, 7) is 9.60. The summed E-state index contributed by atoms with van der Waals surface area (Å²) in [5.41, 5.74) is 2.05. The number of halogens is 1. The van der Waals surface area contributed by atoms with Crippen LogP contribution in [-0.4, -0.2) is 48.4 Å². The molecule has 4 nitrogen and oxygen atoms in total. The summed E-state index contributed by atoms with van der Waals surface area (Å²) in [7, 11) is 0. The lowest BCUT2D eigenvalue weighted by molar-refractivity contribution is -0.132. The van der Waals surface area contributed by atoms with Crippen molar-refractivity contribution in [2.45, 2.75) is 26.9 Å². The van der Waals surface area contributed by atoms with E-state index in [2.05, 4.69) is 34.7 Å². The van der Waals surface area contributed by atoms with Gasteiger partial charge in [-0.1, -0.05) is 60.1 Å². The molecule has 150 valence electrons. The van der Waals surface area contributed by atoms with Crippen molar-refractivity contribution in [1.82, 2.24) is 9.80 Å². The Morgan fingerprint density at radius 3 is 2.46 bits per heavy atom. The molecule has 1 aliphatic rings. The van der Waals surface area contributed by atoms with Crippen LogP contribution in [0.15, 0.2) is 53.0 Å². The molecule has 0 aliphatic carbocycles. The van der Waals surface area contributed by atoms with Crippen molar-refractivity contribution in [3.8, 4) is 5.75 Å². The second kappa shape index (κ2) is 10.1. The van der Waals surface area contributed by atoms with Crippen LogP contribution in [0.25, 0.3) is 0 Å². The van der Waals surface area contributed by atoms with Gasteiger partial charge in [0, 0.05) is 42.8 Å². The predicted molar refractivity (Wildman–Crippen MR) is 116 cm³/mol. The van der Waals surface area contributed by atoms with Gasteiger partial charge in [0.15, 0.2) is 0 Å². The van der Waals surface area contributed by atoms with Gasteiger partial charge in [0.25, 0.3) is 0 Å². The molecule has 2 aromatic rings. The van der Waals surface area contributed by atoms with E-state index < -0.39 is 0 Å². The molecule has 0 saturated carbocycles. The van der Waals surface area contributed by atoms with Crippen LogP contribution in [0.1, 0.15) is 25.0 Å². The zero-order valence-corrected chi connectivity index (χ0v) is 18.3. The average molecular weight is 445 g/mol. The Balaban J connectivity index is 1.60. The first-order valence-corrected chi connectivity index (χ1v) is 10.8. The molecule has 1 amide bonds. The minimum Gasteiger partial charge on any atom is -0.489 e. The van der Waals surface area contributed by atoms with Crippen LogP contribution in [-0.2, 0) is 17.8 Å². The van der Waals surface area contributed by atoms with Crippen molar-refractivity contribution in [3.05, 3.63) is 64.1 Å². The molecular formula is C23H29BrN2O2. The number of nitrogens with zero attached hydrogens (tertiary/aromatic N) is 2. The summed E-state index contributed by atoms with van der Waals surface area (Å²) in [4.78, 5) is 17.3. The highest BCUT2D eigenvalue weighted by Gasteiger charge is 2.22. The Morgan fingerprint density at radius 1 is 1.07 bits per heavy atom. The maximum Gasteiger partial charge on any atom is 0.227 e. The van der Waals surface area contributed by atoms with E-state index >= 15 is 0 Å². The molecule has 0 bridgehead atoms. The molecule has 0 atom stereocenters. The predicted octanol–water partition coefficient (Wildman–Crippen LogP) is 4.37. The van der Waals surface area contributed by atoms with Gasteiger partial charge < -0.3 is 9.64 Å². The zero-order valence-electron chi connectivity index (χ0n) is 16.7. The van der Waals surface area contributed by atoms with E-state index in [1.807, 2.05) is 53.4 Å². The lowest BCUT2D eigenvalue weighted by atomic mass is 10.1. The monoisotopic (exact) mass is 444 g/mol. The Hall–Kier alpha value is -1.85. The summed E-state index contributed by atoms with van der Waals surface area (Å²) < 4.78 is 6.99. The molecule has 1 fully saturated rings. The first-order valence-electron chi connectivity index (χ1n) is 9.96. The minimum absolute atomic E-state index is 0.173. The SMILES string of the molecule is CC(C)CN1CCN(C(=O)Cc2cc(Br)ccc2OCc2ccccc2)CC1. The van der Waals surface area contributed by atoms with E-state index in [1.54, 1.807) is 0 Å². The summed E-state index contributed by atoms with van der Waals surface area (Å²) in [5.74, 6) is 1.61. The fourth-order valence-corrected chi connectivity index (χ4v) is 3.94. The van der Waals surface area contributed by atoms with Crippen molar-refractivity contribution < 1.29 is 9.53 Å². The number of ether oxygens (including phenoxy) is 1. The lowest BCUT2D eigenvalue weighted by Crippen LogP contribution is -2.49. The van der Waals surface area contributed by atoms with Crippen molar-refractivity contribution in [3.63, 3.8) is 0 Å². The third-order valence-electron chi connectivity index (χ3n) is 4.95. The summed E-state index contributed by atoms with van der Waals surface area (Å²) in [6.07, 6.45) is 0.369. The van der Waals surface area contributed by atoms with Crippen LogP contribution >= 0.6 is 15.9 Å². The number of piperazine rings is 1. The van der Waals surface area contributed by atoms with Crippen LogP contribution in [0, 0.1) is 5.92 Å². The molecule has 1 saturated heterocycles. The fraction of sp³-hybridized carbons (Fsp3) is 0.435. The van der Waals surface area contributed by atoms with E-state index in [1.165, 1.54) is 0 Å². The molecule has 1 heterocycles. The Bertz CT molecular complexity index is 771. The van der Waals surface area contributed by atoms with E-state index in [0.717, 1.165) is 54.1 Å². The zero-order chi connectivity index (χ0) is 19.9. The molecule has 0 N–H and O–H groups in total. The number of amides is 1. The Morgan fingerprint density at radius 2 is 1.79 bits per heavy atom. The molecule has 0 unspecified atom stereocenters. The molecule has 5 heteroatoms. The van der Waals surface area contributed by atoms with Gasteiger partial charge in [-0.2, -0.15) is 0 Å². The Labute approximate surface area is 176 Å². The Kier molecular flexibility index (Phi) is 7.51. The van der Waals surface area contributed by atoms with Crippen LogP contribution in [0.5, 0.6) is 5.75 Å². The van der Waals surface area contributed by atoms with Crippen LogP contribution < -0.4 is 4.74 Å². The van der Waals surface area contributed by atoms with Crippen LogP contribution in [0.3, 0.4) is 0 Å². The molecule has 0 radical (unpaired) electrons. The van der Waals surface area contributed by atoms with Gasteiger partial charge in [-0.15, -0.1) is 0 Å². The van der Waals surface area contributed by atoms with Gasteiger partial charge in [0.05, 0.1) is 6.42 Å². The van der Waals surface area contributed by atoms with Crippen molar-refractivity contribution in [2.75, 3.05) is 32.7 Å². The summed E-state index contributed by atoms with van der Waals surface area (Å²) in [6, 6.07) is 16.0. The molecule has 3 rings (SSSR count). The average Bonchev–Trinajstić information content (AvgIpc) is 2.68. The van der Waals surface area contributed by atoms with Crippen LogP contribution in [0.2, 0.25) is 0 Å². The number of benzene rings is 2. The highest BCUT2D eigenvalue weighted by atomic mass is 79.9. The van der Waals surface area contributed by atoms with Gasteiger partial charge >= 0.3 is 0 Å². The summed E-state index contributed by atoms with van der Waals surface area (Å²) >= 11 is 3.52. The smallest absolute Gasteiger partial charge is 0.227 e. The van der Waals surface area contributed by atoms with Crippen molar-refractivity contribution >= 4 is 21.8 Å². The van der Waals surface area contributed by atoms with Crippen molar-refractivity contribution in [2.24, 2.45) is 5.92 Å². The molecular weight excluding hydrogens is 416 g/mol. The highest BCUT2D eigenvalue weighted by Crippen LogP contribution is 2.25. The summed E-state index contributed by atoms with van der Waals surface area (Å²) in [5, 5.41) is 0. The largest absolute Gasteiger partial charge is 0.489 e. The number of hydrogen-bond donors (Lipinski definition) is 0. The van der Waals surface area contributed by atoms with Gasteiger partial charge in [-0.25, -0.2) is 0 Å². The second-order valence-electron chi connectivity index (χ2n) is 7.78. The normalized spacial score (nSPS) is 15.1. The van der Waals surface area contributed by atoms with E-state index in [9.17, 15) is 4.79 Å². The molecule has 0 spiro atoms. The molecule has 2 aromatic carbocycles. The topological polar surface area (TPSA) is 32.8 Å². The minimum atomic E-state index is 0.173. The quantitative estimate of drug-likeness (QED) is 0.635. The van der Waals surface area contributed by atoms with Gasteiger partial charge in [-0.05, 0) is 29.7 Å². The first kappa shape index (κ1) is 20.9. The second-order valence-corrected chi connectivity index (χ2v) is 8.69. The third kappa shape index (κ3) is 6.08. The van der Waals surface area contributed by atoms with E-state index in [4.69, 9.17) is 4.74 Å². The number of hydrogen-bond acceptors (Lipinski definition) is 3. The standard InChI is InChI=1S/C23H29BrN2O2/c1-18(2)16-25-10-12-26(13-11-25)23(27)15-20-14-21(24)8-9-22(20)28-17-19-6-4-3-5-7-19/h3-9,14,18H,10-13,15-17H2,1-2H3. The maximum absolute atomic E-state index is 12.9. The third-order valence-corrected chi connectivity index (χ3v) is 5.44. The molecule has 28 heavy (non-hydrogen) atoms. The number of rotatable bonds is 7.